The lowest BCUT2D eigenvalue weighted by Gasteiger charge is -2.08. The standard InChI is InChI=1S/C18H22N8O3/c1-2-3-8-29-17-21-15(19)14-16(22-17)25(18(28)20-14)10-11-4-5-13-12(9-11)23-24-26(13)6-7-27/h4-5,9,27H,2-3,6-8,10H2,1H3,(H,20,28)(H2,19,21,22). The molecule has 0 fully saturated rings. The van der Waals surface area contributed by atoms with Crippen molar-refractivity contribution in [3.63, 3.8) is 0 Å². The van der Waals surface area contributed by atoms with Crippen LogP contribution in [0.5, 0.6) is 12.0 Å². The van der Waals surface area contributed by atoms with Crippen LogP contribution in [0.4, 0.5) is 5.82 Å². The van der Waals surface area contributed by atoms with E-state index in [1.807, 2.05) is 18.2 Å². The van der Waals surface area contributed by atoms with Crippen molar-refractivity contribution in [1.29, 1.82) is 0 Å². The zero-order chi connectivity index (χ0) is 20.4. The highest BCUT2D eigenvalue weighted by molar-refractivity contribution is 5.83. The maximum Gasteiger partial charge on any atom is 0.320 e. The van der Waals surface area contributed by atoms with Gasteiger partial charge in [0, 0.05) is 0 Å². The molecular formula is C18H22N8O3. The van der Waals surface area contributed by atoms with Gasteiger partial charge < -0.3 is 20.7 Å². The molecule has 4 aromatic rings. The second-order valence-corrected chi connectivity index (χ2v) is 6.62. The second kappa shape index (κ2) is 7.87. The smallest absolute Gasteiger partial charge is 0.320 e. The van der Waals surface area contributed by atoms with E-state index in [1.54, 1.807) is 9.25 Å². The van der Waals surface area contributed by atoms with Crippen LogP contribution in [0.1, 0.15) is 25.3 Å². The molecule has 0 aliphatic heterocycles. The number of fused-ring (bicyclic) bond motifs is 2. The first-order valence-electron chi connectivity index (χ1n) is 9.39. The molecule has 0 aliphatic carbocycles. The fraction of sp³-hybridized carbons (Fsp3) is 0.389. The van der Waals surface area contributed by atoms with Crippen molar-refractivity contribution in [1.82, 2.24) is 34.5 Å². The number of hydrogen-bond acceptors (Lipinski definition) is 9. The van der Waals surface area contributed by atoms with Crippen LogP contribution in [-0.4, -0.2) is 57.9 Å². The number of nitrogens with two attached hydrogens (primary N) is 1. The lowest BCUT2D eigenvalue weighted by atomic mass is 10.2. The third kappa shape index (κ3) is 3.63. The number of nitrogens with zero attached hydrogens (tertiary/aromatic N) is 7. The summed E-state index contributed by atoms with van der Waals surface area (Å²) < 4.78 is 8.74. The van der Waals surface area contributed by atoms with Gasteiger partial charge in [-0.3, -0.25) is 4.57 Å². The molecule has 0 spiro atoms. The van der Waals surface area contributed by atoms with Crippen molar-refractivity contribution in [2.24, 2.45) is 0 Å². The van der Waals surface area contributed by atoms with Gasteiger partial charge in [-0.25, -0.2) is 4.68 Å². The lowest BCUT2D eigenvalue weighted by Crippen LogP contribution is -2.06. The van der Waals surface area contributed by atoms with Crippen LogP contribution in [0.15, 0.2) is 18.2 Å². The van der Waals surface area contributed by atoms with Crippen LogP contribution in [0.25, 0.3) is 22.2 Å². The number of unbranched alkanes of at least 4 members (excludes halogenated alkanes) is 1. The third-order valence-electron chi connectivity index (χ3n) is 4.54. The SMILES string of the molecule is CCCCOc1nc(N)c2nc(O)n(Cc3ccc4c(c3)nnn4CCO)c2n1. The molecule has 0 saturated carbocycles. The first kappa shape index (κ1) is 18.9. The van der Waals surface area contributed by atoms with E-state index in [1.165, 1.54) is 0 Å². The van der Waals surface area contributed by atoms with E-state index in [0.29, 0.717) is 36.4 Å². The summed E-state index contributed by atoms with van der Waals surface area (Å²) in [4.78, 5) is 12.6. The van der Waals surface area contributed by atoms with Gasteiger partial charge in [0.2, 0.25) is 0 Å². The van der Waals surface area contributed by atoms with Gasteiger partial charge in [-0.15, -0.1) is 5.10 Å². The Morgan fingerprint density at radius 1 is 1.21 bits per heavy atom. The molecule has 0 saturated heterocycles. The minimum absolute atomic E-state index is 0.0150. The quantitative estimate of drug-likeness (QED) is 0.370. The largest absolute Gasteiger partial charge is 0.480 e. The molecule has 11 nitrogen and oxygen atoms in total. The van der Waals surface area contributed by atoms with Crippen molar-refractivity contribution in [2.45, 2.75) is 32.9 Å². The predicted octanol–water partition coefficient (Wildman–Crippen LogP) is 1.08. The number of benzene rings is 1. The second-order valence-electron chi connectivity index (χ2n) is 6.62. The predicted molar refractivity (Wildman–Crippen MR) is 106 cm³/mol. The molecule has 4 rings (SSSR count). The van der Waals surface area contributed by atoms with E-state index in [9.17, 15) is 5.11 Å². The first-order chi connectivity index (χ1) is 14.1. The number of imidazole rings is 1. The van der Waals surface area contributed by atoms with Gasteiger partial charge in [0.05, 0.1) is 31.8 Å². The molecule has 0 radical (unpaired) electrons. The Morgan fingerprint density at radius 3 is 2.86 bits per heavy atom. The van der Waals surface area contributed by atoms with Gasteiger partial charge in [-0.05, 0) is 24.1 Å². The first-order valence-corrected chi connectivity index (χ1v) is 9.39. The monoisotopic (exact) mass is 398 g/mol. The van der Waals surface area contributed by atoms with Crippen molar-refractivity contribution in [3.8, 4) is 12.0 Å². The fourth-order valence-corrected chi connectivity index (χ4v) is 3.07. The maximum atomic E-state index is 10.3. The fourth-order valence-electron chi connectivity index (χ4n) is 3.07. The number of aliphatic hydroxyl groups is 1. The third-order valence-corrected chi connectivity index (χ3v) is 4.54. The van der Waals surface area contributed by atoms with E-state index >= 15 is 0 Å². The molecule has 11 heteroatoms. The van der Waals surface area contributed by atoms with Crippen LogP contribution in [0.2, 0.25) is 0 Å². The summed E-state index contributed by atoms with van der Waals surface area (Å²) in [5, 5.41) is 27.6. The Balaban J connectivity index is 1.68. The van der Waals surface area contributed by atoms with E-state index in [4.69, 9.17) is 15.6 Å². The number of aromatic hydroxyl groups is 1. The van der Waals surface area contributed by atoms with Gasteiger partial charge in [0.25, 0.3) is 6.01 Å². The highest BCUT2D eigenvalue weighted by Crippen LogP contribution is 2.26. The average Bonchev–Trinajstić information content (AvgIpc) is 3.24. The number of hydrogen-bond donors (Lipinski definition) is 3. The number of nitrogen functional groups attached to an aromatic ring is 1. The Hall–Kier alpha value is -3.47. The highest BCUT2D eigenvalue weighted by Gasteiger charge is 2.17. The molecular weight excluding hydrogens is 376 g/mol. The number of aromatic nitrogens is 7. The Morgan fingerprint density at radius 2 is 2.07 bits per heavy atom. The van der Waals surface area contributed by atoms with Crippen LogP contribution in [-0.2, 0) is 13.1 Å². The minimum atomic E-state index is -0.212. The molecule has 3 heterocycles. The minimum Gasteiger partial charge on any atom is -0.480 e. The van der Waals surface area contributed by atoms with Gasteiger partial charge in [-0.2, -0.15) is 15.0 Å². The topological polar surface area (TPSA) is 150 Å². The molecule has 4 N–H and O–H groups in total. The van der Waals surface area contributed by atoms with E-state index in [2.05, 4.69) is 32.2 Å². The average molecular weight is 398 g/mol. The summed E-state index contributed by atoms with van der Waals surface area (Å²) in [5.41, 5.74) is 9.08. The van der Waals surface area contributed by atoms with Gasteiger partial charge >= 0.3 is 6.01 Å². The zero-order valence-electron chi connectivity index (χ0n) is 16.0. The van der Waals surface area contributed by atoms with Crippen molar-refractivity contribution >= 4 is 28.0 Å². The Bertz CT molecular complexity index is 1150. The summed E-state index contributed by atoms with van der Waals surface area (Å²) in [6, 6.07) is 5.58. The molecule has 29 heavy (non-hydrogen) atoms. The van der Waals surface area contributed by atoms with Crippen molar-refractivity contribution in [2.75, 3.05) is 18.9 Å². The van der Waals surface area contributed by atoms with Crippen LogP contribution < -0.4 is 10.5 Å². The maximum absolute atomic E-state index is 10.3. The van der Waals surface area contributed by atoms with E-state index in [-0.39, 0.29) is 24.4 Å². The van der Waals surface area contributed by atoms with Crippen LogP contribution >= 0.6 is 0 Å². The number of rotatable bonds is 8. The number of anilines is 1. The van der Waals surface area contributed by atoms with Crippen LogP contribution in [0.3, 0.4) is 0 Å². The summed E-state index contributed by atoms with van der Waals surface area (Å²) in [6.45, 7) is 3.21. The summed E-state index contributed by atoms with van der Waals surface area (Å²) in [7, 11) is 0. The number of aliphatic hydroxyl groups excluding tert-OH is 1. The van der Waals surface area contributed by atoms with Gasteiger partial charge in [0.1, 0.15) is 5.52 Å². The molecule has 0 aliphatic rings. The summed E-state index contributed by atoms with van der Waals surface area (Å²) >= 11 is 0. The Kier molecular flexibility index (Phi) is 5.12. The molecule has 1 aromatic carbocycles. The van der Waals surface area contributed by atoms with Gasteiger partial charge in [-0.1, -0.05) is 24.6 Å². The molecule has 0 amide bonds. The van der Waals surface area contributed by atoms with Crippen LogP contribution in [0, 0.1) is 0 Å². The number of ether oxygens (including phenoxy) is 1. The highest BCUT2D eigenvalue weighted by atomic mass is 16.5. The lowest BCUT2D eigenvalue weighted by molar-refractivity contribution is 0.270. The normalized spacial score (nSPS) is 11.5. The molecule has 0 unspecified atom stereocenters. The summed E-state index contributed by atoms with van der Waals surface area (Å²) in [5.74, 6) is 0.151. The zero-order valence-corrected chi connectivity index (χ0v) is 16.0. The summed E-state index contributed by atoms with van der Waals surface area (Å²) in [6.07, 6.45) is 1.87. The van der Waals surface area contributed by atoms with Crippen molar-refractivity contribution < 1.29 is 14.9 Å². The van der Waals surface area contributed by atoms with E-state index < -0.39 is 0 Å². The van der Waals surface area contributed by atoms with E-state index in [0.717, 1.165) is 23.9 Å². The Labute approximate surface area is 165 Å². The molecule has 3 aromatic heterocycles. The molecule has 0 bridgehead atoms. The van der Waals surface area contributed by atoms with Crippen molar-refractivity contribution in [3.05, 3.63) is 23.8 Å². The van der Waals surface area contributed by atoms with Gasteiger partial charge in [0.15, 0.2) is 17.0 Å². The molecule has 0 atom stereocenters. The molecule has 152 valence electrons.